The first-order chi connectivity index (χ1) is 12.7. The van der Waals surface area contributed by atoms with Gasteiger partial charge in [0.15, 0.2) is 4.96 Å². The van der Waals surface area contributed by atoms with E-state index in [1.165, 1.54) is 10.4 Å². The lowest BCUT2D eigenvalue weighted by atomic mass is 10.1. The molecule has 2 aromatic heterocycles. The number of nitrogens with one attached hydrogen (secondary N) is 2. The van der Waals surface area contributed by atoms with Crippen molar-refractivity contribution in [1.82, 2.24) is 14.7 Å². The van der Waals surface area contributed by atoms with Crippen molar-refractivity contribution in [2.24, 2.45) is 0 Å². The number of fused-ring (bicyclic) bond motifs is 1. The Kier molecular flexibility index (Phi) is 4.93. The predicted octanol–water partition coefficient (Wildman–Crippen LogP) is 5.18. The third kappa shape index (κ3) is 3.90. The Morgan fingerprint density at radius 2 is 2.00 bits per heavy atom. The highest BCUT2D eigenvalue weighted by Crippen LogP contribution is 2.24. The van der Waals surface area contributed by atoms with Crippen LogP contribution in [0.5, 0.6) is 0 Å². The number of rotatable bonds is 6. The van der Waals surface area contributed by atoms with Crippen LogP contribution in [0.15, 0.2) is 60.9 Å². The van der Waals surface area contributed by atoms with Gasteiger partial charge in [-0.15, -0.1) is 11.3 Å². The molecule has 26 heavy (non-hydrogen) atoms. The Balaban J connectivity index is 1.38. The molecule has 132 valence electrons. The van der Waals surface area contributed by atoms with Gasteiger partial charge in [0.25, 0.3) is 0 Å². The average Bonchev–Trinajstić information content (AvgIpc) is 3.16. The van der Waals surface area contributed by atoms with Crippen molar-refractivity contribution in [3.8, 4) is 11.3 Å². The first-order valence-corrected chi connectivity index (χ1v) is 9.61. The van der Waals surface area contributed by atoms with Gasteiger partial charge in [-0.1, -0.05) is 35.9 Å². The highest BCUT2D eigenvalue weighted by atomic mass is 35.5. The summed E-state index contributed by atoms with van der Waals surface area (Å²) in [6.45, 7) is 3.55. The number of halogens is 1. The van der Waals surface area contributed by atoms with Gasteiger partial charge in [0, 0.05) is 40.1 Å². The van der Waals surface area contributed by atoms with Gasteiger partial charge in [0.1, 0.15) is 0 Å². The van der Waals surface area contributed by atoms with Crippen LogP contribution < -0.4 is 10.6 Å². The molecule has 0 radical (unpaired) electrons. The molecule has 0 fully saturated rings. The van der Waals surface area contributed by atoms with Gasteiger partial charge in [0.2, 0.25) is 0 Å². The van der Waals surface area contributed by atoms with E-state index in [4.69, 9.17) is 16.6 Å². The molecule has 0 bridgehead atoms. The summed E-state index contributed by atoms with van der Waals surface area (Å²) in [5.41, 5.74) is 4.38. The Labute approximate surface area is 161 Å². The van der Waals surface area contributed by atoms with Crippen LogP contribution in [-0.4, -0.2) is 16.1 Å². The lowest BCUT2D eigenvalue weighted by molar-refractivity contribution is 0.735. The topological polar surface area (TPSA) is 41.4 Å². The van der Waals surface area contributed by atoms with Gasteiger partial charge in [-0.2, -0.15) is 0 Å². The van der Waals surface area contributed by atoms with Crippen molar-refractivity contribution in [2.75, 3.05) is 12.0 Å². The molecule has 2 heterocycles. The lowest BCUT2D eigenvalue weighted by Crippen LogP contribution is -2.21. The Bertz CT molecular complexity index is 1010. The molecule has 0 aliphatic heterocycles. The monoisotopic (exact) mass is 382 g/mol. The summed E-state index contributed by atoms with van der Waals surface area (Å²) in [7, 11) is 0. The molecule has 0 unspecified atom stereocenters. The number of aromatic nitrogens is 2. The largest absolute Gasteiger partial charge is 0.372 e. The van der Waals surface area contributed by atoms with Crippen molar-refractivity contribution >= 4 is 33.6 Å². The summed E-state index contributed by atoms with van der Waals surface area (Å²) in [4.78, 5) is 7.03. The van der Waals surface area contributed by atoms with Gasteiger partial charge in [-0.3, -0.25) is 9.72 Å². The van der Waals surface area contributed by atoms with E-state index in [1.807, 2.05) is 24.3 Å². The smallest absolute Gasteiger partial charge is 0.194 e. The SMILES string of the molecule is Cc1cn2cc(-c3cccc(CNCNc4cccc(Cl)c4)c3)nc2s1. The average molecular weight is 383 g/mol. The van der Waals surface area contributed by atoms with Gasteiger partial charge in [0.05, 0.1) is 12.4 Å². The van der Waals surface area contributed by atoms with Crippen molar-refractivity contribution < 1.29 is 0 Å². The third-order valence-electron chi connectivity index (χ3n) is 4.07. The summed E-state index contributed by atoms with van der Waals surface area (Å²) in [5, 5.41) is 7.45. The molecule has 0 aliphatic carbocycles. The minimum absolute atomic E-state index is 0.671. The Morgan fingerprint density at radius 3 is 2.85 bits per heavy atom. The number of thiazole rings is 1. The minimum Gasteiger partial charge on any atom is -0.372 e. The highest BCUT2D eigenvalue weighted by Gasteiger charge is 2.07. The van der Waals surface area contributed by atoms with Crippen molar-refractivity contribution in [3.05, 3.63) is 76.4 Å². The number of hydrogen-bond donors (Lipinski definition) is 2. The summed E-state index contributed by atoms with van der Waals surface area (Å²) < 4.78 is 2.09. The standard InChI is InChI=1S/C20H19ClN4S/c1-14-11-25-12-19(24-20(25)26-14)16-5-2-4-15(8-16)10-22-13-23-18-7-3-6-17(21)9-18/h2-9,11-12,22-23H,10,13H2,1H3. The van der Waals surface area contributed by atoms with E-state index in [0.717, 1.165) is 33.5 Å². The number of imidazole rings is 1. The van der Waals surface area contributed by atoms with E-state index < -0.39 is 0 Å². The molecule has 4 rings (SSSR count). The third-order valence-corrected chi connectivity index (χ3v) is 5.21. The first-order valence-electron chi connectivity index (χ1n) is 8.42. The second kappa shape index (κ2) is 7.50. The molecular weight excluding hydrogens is 364 g/mol. The minimum atomic E-state index is 0.671. The molecule has 0 spiro atoms. The maximum absolute atomic E-state index is 5.99. The van der Waals surface area contributed by atoms with Crippen LogP contribution >= 0.6 is 22.9 Å². The number of nitrogens with zero attached hydrogens (tertiary/aromatic N) is 2. The normalized spacial score (nSPS) is 11.2. The van der Waals surface area contributed by atoms with Crippen molar-refractivity contribution in [2.45, 2.75) is 13.5 Å². The van der Waals surface area contributed by atoms with Crippen LogP contribution in [0, 0.1) is 6.92 Å². The second-order valence-corrected chi connectivity index (χ2v) is 7.80. The zero-order valence-electron chi connectivity index (χ0n) is 14.4. The zero-order chi connectivity index (χ0) is 17.9. The summed E-state index contributed by atoms with van der Waals surface area (Å²) >= 11 is 7.70. The summed E-state index contributed by atoms with van der Waals surface area (Å²) in [5.74, 6) is 0. The van der Waals surface area contributed by atoms with E-state index in [2.05, 4.69) is 58.6 Å². The number of aryl methyl sites for hydroxylation is 1. The molecule has 2 N–H and O–H groups in total. The maximum atomic E-state index is 5.99. The zero-order valence-corrected chi connectivity index (χ0v) is 15.9. The Hall–Kier alpha value is -2.34. The summed E-state index contributed by atoms with van der Waals surface area (Å²) in [6, 6.07) is 16.2. The van der Waals surface area contributed by atoms with Gasteiger partial charge < -0.3 is 5.32 Å². The van der Waals surface area contributed by atoms with E-state index >= 15 is 0 Å². The fourth-order valence-corrected chi connectivity index (χ4v) is 3.86. The van der Waals surface area contributed by atoms with Gasteiger partial charge >= 0.3 is 0 Å². The number of anilines is 1. The van der Waals surface area contributed by atoms with E-state index in [0.29, 0.717) is 6.67 Å². The first kappa shape index (κ1) is 17.1. The number of benzene rings is 2. The van der Waals surface area contributed by atoms with Gasteiger partial charge in [-0.05, 0) is 36.8 Å². The van der Waals surface area contributed by atoms with Crippen LogP contribution in [0.1, 0.15) is 10.4 Å². The van der Waals surface area contributed by atoms with Crippen LogP contribution in [0.4, 0.5) is 5.69 Å². The molecule has 0 saturated carbocycles. The molecular formula is C20H19ClN4S. The lowest BCUT2D eigenvalue weighted by Gasteiger charge is -2.09. The molecule has 6 heteroatoms. The summed E-state index contributed by atoms with van der Waals surface area (Å²) in [6.07, 6.45) is 4.20. The Morgan fingerprint density at radius 1 is 1.12 bits per heavy atom. The molecule has 0 saturated heterocycles. The van der Waals surface area contributed by atoms with Crippen molar-refractivity contribution in [3.63, 3.8) is 0 Å². The molecule has 0 amide bonds. The van der Waals surface area contributed by atoms with Crippen LogP contribution in [0.2, 0.25) is 5.02 Å². The fraction of sp³-hybridized carbons (Fsp3) is 0.150. The fourth-order valence-electron chi connectivity index (χ4n) is 2.86. The second-order valence-electron chi connectivity index (χ2n) is 6.15. The molecule has 0 aliphatic rings. The van der Waals surface area contributed by atoms with Crippen LogP contribution in [0.3, 0.4) is 0 Å². The van der Waals surface area contributed by atoms with Gasteiger partial charge in [-0.25, -0.2) is 4.98 Å². The number of hydrogen-bond acceptors (Lipinski definition) is 4. The molecule has 2 aromatic carbocycles. The van der Waals surface area contributed by atoms with Crippen molar-refractivity contribution in [1.29, 1.82) is 0 Å². The predicted molar refractivity (Wildman–Crippen MR) is 110 cm³/mol. The van der Waals surface area contributed by atoms with E-state index in [9.17, 15) is 0 Å². The van der Waals surface area contributed by atoms with Crippen LogP contribution in [-0.2, 0) is 6.54 Å². The maximum Gasteiger partial charge on any atom is 0.194 e. The molecule has 4 aromatic rings. The van der Waals surface area contributed by atoms with E-state index in [-0.39, 0.29) is 0 Å². The molecule has 0 atom stereocenters. The van der Waals surface area contributed by atoms with E-state index in [1.54, 1.807) is 11.3 Å². The van der Waals surface area contributed by atoms with Crippen LogP contribution in [0.25, 0.3) is 16.2 Å². The quantitative estimate of drug-likeness (QED) is 0.356. The highest BCUT2D eigenvalue weighted by molar-refractivity contribution is 7.17. The molecule has 4 nitrogen and oxygen atoms in total.